The van der Waals surface area contributed by atoms with Gasteiger partial charge in [0.05, 0.1) is 17.1 Å². The van der Waals surface area contributed by atoms with Crippen LogP contribution in [0.15, 0.2) is 42.5 Å². The van der Waals surface area contributed by atoms with Gasteiger partial charge in [0.15, 0.2) is 0 Å². The first kappa shape index (κ1) is 12.9. The monoisotopic (exact) mass is 386 g/mol. The van der Waals surface area contributed by atoms with E-state index in [0.717, 1.165) is 20.2 Å². The number of rotatable bonds is 2. The third-order valence-electron chi connectivity index (χ3n) is 2.92. The number of fused-ring (bicyclic) bond motifs is 1. The minimum absolute atomic E-state index is 0.129. The van der Waals surface area contributed by atoms with Gasteiger partial charge in [-0.1, -0.05) is 41.9 Å². The molecule has 96 valence electrons. The molecule has 3 aromatic rings. The summed E-state index contributed by atoms with van der Waals surface area (Å²) in [5.74, 6) is -0.417. The fourth-order valence-electron chi connectivity index (χ4n) is 2.01. The molecular weight excluding hydrogens is 378 g/mol. The second-order valence-electron chi connectivity index (χ2n) is 4.22. The molecule has 0 fully saturated rings. The molecule has 0 bridgehead atoms. The summed E-state index contributed by atoms with van der Waals surface area (Å²) >= 11 is 7.95. The summed E-state index contributed by atoms with van der Waals surface area (Å²) in [6.07, 6.45) is 0. The van der Waals surface area contributed by atoms with Crippen molar-refractivity contribution in [3.8, 4) is 0 Å². The highest BCUT2D eigenvalue weighted by Gasteiger charge is 2.12. The largest absolute Gasteiger partial charge is 0.259 e. The standard InChI is InChI=1S/C14H9ClFIN2/c15-11-6-10-13(7-12(11)16)19(18-14(10)17)8-9-4-2-1-3-5-9/h1-7H,8H2. The molecule has 0 unspecified atom stereocenters. The van der Waals surface area contributed by atoms with E-state index in [0.29, 0.717) is 6.54 Å². The van der Waals surface area contributed by atoms with Crippen LogP contribution in [0.1, 0.15) is 5.56 Å². The number of aromatic nitrogens is 2. The number of hydrogen-bond acceptors (Lipinski definition) is 1. The summed E-state index contributed by atoms with van der Waals surface area (Å²) < 4.78 is 16.2. The molecule has 3 rings (SSSR count). The molecule has 0 radical (unpaired) electrons. The zero-order valence-electron chi connectivity index (χ0n) is 9.78. The third-order valence-corrected chi connectivity index (χ3v) is 4.01. The second kappa shape index (κ2) is 5.09. The van der Waals surface area contributed by atoms with E-state index in [-0.39, 0.29) is 5.02 Å². The van der Waals surface area contributed by atoms with Crippen molar-refractivity contribution >= 4 is 45.1 Å². The molecule has 0 aliphatic carbocycles. The highest BCUT2D eigenvalue weighted by Crippen LogP contribution is 2.27. The van der Waals surface area contributed by atoms with Gasteiger partial charge in [-0.3, -0.25) is 4.68 Å². The summed E-state index contributed by atoms with van der Waals surface area (Å²) in [5, 5.41) is 5.45. The van der Waals surface area contributed by atoms with E-state index in [9.17, 15) is 4.39 Å². The van der Waals surface area contributed by atoms with Gasteiger partial charge in [0, 0.05) is 11.5 Å². The molecule has 1 aromatic heterocycles. The first-order valence-electron chi connectivity index (χ1n) is 5.70. The maximum absolute atomic E-state index is 13.6. The van der Waals surface area contributed by atoms with E-state index >= 15 is 0 Å². The molecule has 5 heteroatoms. The summed E-state index contributed by atoms with van der Waals surface area (Å²) in [4.78, 5) is 0. The Bertz CT molecular complexity index is 740. The highest BCUT2D eigenvalue weighted by atomic mass is 127. The van der Waals surface area contributed by atoms with Crippen molar-refractivity contribution in [1.82, 2.24) is 9.78 Å². The van der Waals surface area contributed by atoms with Crippen LogP contribution in [-0.2, 0) is 6.54 Å². The van der Waals surface area contributed by atoms with Crippen molar-refractivity contribution in [2.24, 2.45) is 0 Å². The minimum Gasteiger partial charge on any atom is -0.259 e. The van der Waals surface area contributed by atoms with Crippen molar-refractivity contribution in [2.75, 3.05) is 0 Å². The molecule has 19 heavy (non-hydrogen) atoms. The molecule has 2 nitrogen and oxygen atoms in total. The average Bonchev–Trinajstić information content (AvgIpc) is 2.68. The molecule has 0 spiro atoms. The van der Waals surface area contributed by atoms with Crippen LogP contribution in [0, 0.1) is 9.52 Å². The van der Waals surface area contributed by atoms with Gasteiger partial charge in [-0.25, -0.2) is 4.39 Å². The maximum atomic E-state index is 13.6. The predicted molar refractivity (Wildman–Crippen MR) is 83.0 cm³/mol. The molecular formula is C14H9ClFIN2. The Hall–Kier alpha value is -1.14. The number of benzene rings is 2. The minimum atomic E-state index is -0.417. The number of hydrogen-bond donors (Lipinski definition) is 0. The predicted octanol–water partition coefficient (Wildman–Crippen LogP) is 4.48. The van der Waals surface area contributed by atoms with Crippen LogP contribution < -0.4 is 0 Å². The quantitative estimate of drug-likeness (QED) is 0.594. The van der Waals surface area contributed by atoms with Crippen LogP contribution in [0.4, 0.5) is 4.39 Å². The molecule has 0 aliphatic heterocycles. The molecule has 0 saturated carbocycles. The van der Waals surface area contributed by atoms with E-state index in [1.165, 1.54) is 6.07 Å². The van der Waals surface area contributed by atoms with E-state index in [1.54, 1.807) is 10.7 Å². The van der Waals surface area contributed by atoms with Gasteiger partial charge in [0.2, 0.25) is 0 Å². The zero-order chi connectivity index (χ0) is 13.4. The van der Waals surface area contributed by atoms with Gasteiger partial charge in [-0.15, -0.1) is 0 Å². The molecule has 0 atom stereocenters. The van der Waals surface area contributed by atoms with E-state index < -0.39 is 5.82 Å². The molecule has 0 aliphatic rings. The molecule has 2 aromatic carbocycles. The Morgan fingerprint density at radius 1 is 1.21 bits per heavy atom. The lowest BCUT2D eigenvalue weighted by Crippen LogP contribution is -2.01. The second-order valence-corrected chi connectivity index (χ2v) is 5.65. The third kappa shape index (κ3) is 2.47. The molecule has 0 N–H and O–H groups in total. The van der Waals surface area contributed by atoms with Gasteiger partial charge in [-0.2, -0.15) is 5.10 Å². The first-order valence-corrected chi connectivity index (χ1v) is 7.16. The Kier molecular flexibility index (Phi) is 3.45. The smallest absolute Gasteiger partial charge is 0.143 e. The Labute approximate surface area is 128 Å². The fourth-order valence-corrected chi connectivity index (χ4v) is 2.86. The highest BCUT2D eigenvalue weighted by molar-refractivity contribution is 14.1. The van der Waals surface area contributed by atoms with Gasteiger partial charge in [0.1, 0.15) is 9.52 Å². The van der Waals surface area contributed by atoms with Crippen LogP contribution in [0.3, 0.4) is 0 Å². The Morgan fingerprint density at radius 3 is 2.68 bits per heavy atom. The lowest BCUT2D eigenvalue weighted by atomic mass is 10.2. The van der Waals surface area contributed by atoms with Crippen LogP contribution in [0.25, 0.3) is 10.9 Å². The average molecular weight is 387 g/mol. The van der Waals surface area contributed by atoms with Gasteiger partial charge in [0.25, 0.3) is 0 Å². The van der Waals surface area contributed by atoms with Crippen molar-refractivity contribution in [2.45, 2.75) is 6.54 Å². The lowest BCUT2D eigenvalue weighted by molar-refractivity contribution is 0.627. The van der Waals surface area contributed by atoms with Crippen molar-refractivity contribution in [3.05, 3.63) is 62.6 Å². The first-order chi connectivity index (χ1) is 9.15. The van der Waals surface area contributed by atoms with Gasteiger partial charge >= 0.3 is 0 Å². The number of nitrogens with zero attached hydrogens (tertiary/aromatic N) is 2. The zero-order valence-corrected chi connectivity index (χ0v) is 12.7. The summed E-state index contributed by atoms with van der Waals surface area (Å²) in [7, 11) is 0. The van der Waals surface area contributed by atoms with Crippen LogP contribution >= 0.6 is 34.2 Å². The Balaban J connectivity index is 2.12. The van der Waals surface area contributed by atoms with Crippen molar-refractivity contribution < 1.29 is 4.39 Å². The van der Waals surface area contributed by atoms with Crippen molar-refractivity contribution in [1.29, 1.82) is 0 Å². The van der Waals surface area contributed by atoms with E-state index in [2.05, 4.69) is 27.7 Å². The summed E-state index contributed by atoms with van der Waals surface area (Å²) in [6, 6.07) is 13.0. The van der Waals surface area contributed by atoms with Gasteiger partial charge in [-0.05, 0) is 34.2 Å². The fraction of sp³-hybridized carbons (Fsp3) is 0.0714. The maximum Gasteiger partial charge on any atom is 0.143 e. The Morgan fingerprint density at radius 2 is 1.95 bits per heavy atom. The molecule has 0 saturated heterocycles. The summed E-state index contributed by atoms with van der Waals surface area (Å²) in [5.41, 5.74) is 1.88. The molecule has 1 heterocycles. The van der Waals surface area contributed by atoms with E-state index in [1.807, 2.05) is 30.3 Å². The molecule has 0 amide bonds. The summed E-state index contributed by atoms with van der Waals surface area (Å²) in [6.45, 7) is 0.613. The topological polar surface area (TPSA) is 17.8 Å². The number of halogens is 3. The lowest BCUT2D eigenvalue weighted by Gasteiger charge is -2.04. The normalized spacial score (nSPS) is 11.1. The van der Waals surface area contributed by atoms with E-state index in [4.69, 9.17) is 11.6 Å². The van der Waals surface area contributed by atoms with Crippen LogP contribution in [0.2, 0.25) is 5.02 Å². The SMILES string of the molecule is Fc1cc2c(cc1Cl)c(I)nn2Cc1ccccc1. The van der Waals surface area contributed by atoms with Crippen molar-refractivity contribution in [3.63, 3.8) is 0 Å². The van der Waals surface area contributed by atoms with Crippen LogP contribution in [0.5, 0.6) is 0 Å². The van der Waals surface area contributed by atoms with Gasteiger partial charge < -0.3 is 0 Å². The van der Waals surface area contributed by atoms with Crippen LogP contribution in [-0.4, -0.2) is 9.78 Å².